The Balaban J connectivity index is 2.16. The molecule has 1 aliphatic rings. The highest BCUT2D eigenvalue weighted by Crippen LogP contribution is 2.34. The topological polar surface area (TPSA) is 0 Å². The van der Waals surface area contributed by atoms with E-state index in [1.165, 1.54) is 12.7 Å². The SMILES string of the molecule is CCC1[B]CC1C. The Morgan fingerprint density at radius 2 is 2.43 bits per heavy atom. The van der Waals surface area contributed by atoms with E-state index in [2.05, 4.69) is 21.1 Å². The third-order valence-corrected chi connectivity index (χ3v) is 2.01. The van der Waals surface area contributed by atoms with Gasteiger partial charge in [0, 0.05) is 0 Å². The van der Waals surface area contributed by atoms with Gasteiger partial charge in [-0.05, 0) is 0 Å². The van der Waals surface area contributed by atoms with Crippen molar-refractivity contribution in [3.05, 3.63) is 0 Å². The van der Waals surface area contributed by atoms with Gasteiger partial charge in [0.15, 0.2) is 0 Å². The van der Waals surface area contributed by atoms with Crippen LogP contribution in [0.4, 0.5) is 0 Å². The minimum atomic E-state index is 0.958. The molecule has 0 aromatic heterocycles. The predicted molar refractivity (Wildman–Crippen MR) is 33.8 cm³/mol. The lowest BCUT2D eigenvalue weighted by molar-refractivity contribution is 0.511. The molecule has 0 aromatic rings. The summed E-state index contributed by atoms with van der Waals surface area (Å²) < 4.78 is 0. The van der Waals surface area contributed by atoms with Gasteiger partial charge < -0.3 is 0 Å². The summed E-state index contributed by atoms with van der Waals surface area (Å²) >= 11 is 0. The standard InChI is InChI=1S/C6H12B/c1-3-6-5(2)4-7-6/h5-6H,3-4H2,1-2H3. The minimum absolute atomic E-state index is 0.958. The summed E-state index contributed by atoms with van der Waals surface area (Å²) in [5, 5.41) is 0. The Morgan fingerprint density at radius 1 is 1.71 bits per heavy atom. The van der Waals surface area contributed by atoms with Gasteiger partial charge in [-0.2, -0.15) is 0 Å². The van der Waals surface area contributed by atoms with Gasteiger partial charge >= 0.3 is 0 Å². The van der Waals surface area contributed by atoms with Crippen molar-refractivity contribution in [3.63, 3.8) is 0 Å². The van der Waals surface area contributed by atoms with Crippen molar-refractivity contribution in [1.29, 1.82) is 0 Å². The molecule has 1 heterocycles. The van der Waals surface area contributed by atoms with Crippen molar-refractivity contribution >= 4 is 7.28 Å². The molecule has 1 heteroatoms. The van der Waals surface area contributed by atoms with Gasteiger partial charge in [0.05, 0.1) is 0 Å². The highest BCUT2D eigenvalue weighted by atomic mass is 14.2. The zero-order chi connectivity index (χ0) is 5.28. The van der Waals surface area contributed by atoms with E-state index in [1.807, 2.05) is 0 Å². The van der Waals surface area contributed by atoms with Crippen LogP contribution in [-0.2, 0) is 0 Å². The Morgan fingerprint density at radius 3 is 2.43 bits per heavy atom. The van der Waals surface area contributed by atoms with Crippen molar-refractivity contribution in [3.8, 4) is 0 Å². The van der Waals surface area contributed by atoms with Crippen molar-refractivity contribution in [2.45, 2.75) is 32.4 Å². The first-order valence-electron chi connectivity index (χ1n) is 3.18. The molecule has 1 radical (unpaired) electrons. The molecule has 1 fully saturated rings. The molecule has 1 aliphatic heterocycles. The second-order valence-corrected chi connectivity index (χ2v) is 2.52. The fraction of sp³-hybridized carbons (Fsp3) is 1.00. The fourth-order valence-corrected chi connectivity index (χ4v) is 1.17. The molecule has 0 nitrogen and oxygen atoms in total. The van der Waals surface area contributed by atoms with Gasteiger partial charge in [-0.1, -0.05) is 38.3 Å². The van der Waals surface area contributed by atoms with Gasteiger partial charge in [0.2, 0.25) is 0 Å². The number of hydrogen-bond donors (Lipinski definition) is 0. The first kappa shape index (κ1) is 5.21. The van der Waals surface area contributed by atoms with Crippen LogP contribution < -0.4 is 0 Å². The second kappa shape index (κ2) is 1.89. The van der Waals surface area contributed by atoms with E-state index in [1.54, 1.807) is 0 Å². The average Bonchev–Trinajstić information content (AvgIpc) is 1.65. The van der Waals surface area contributed by atoms with Crippen LogP contribution in [-0.4, -0.2) is 7.28 Å². The van der Waals surface area contributed by atoms with E-state index >= 15 is 0 Å². The van der Waals surface area contributed by atoms with E-state index < -0.39 is 0 Å². The van der Waals surface area contributed by atoms with Crippen LogP contribution in [0.5, 0.6) is 0 Å². The fourth-order valence-electron chi connectivity index (χ4n) is 1.17. The molecule has 0 N–H and O–H groups in total. The molecule has 1 rings (SSSR count). The molecular weight excluding hydrogens is 82.9 g/mol. The van der Waals surface area contributed by atoms with E-state index in [0.717, 1.165) is 11.7 Å². The molecule has 0 bridgehead atoms. The lowest BCUT2D eigenvalue weighted by Gasteiger charge is -2.31. The van der Waals surface area contributed by atoms with E-state index in [0.29, 0.717) is 0 Å². The summed E-state index contributed by atoms with van der Waals surface area (Å²) in [4.78, 5) is 0. The zero-order valence-electron chi connectivity index (χ0n) is 5.15. The lowest BCUT2D eigenvalue weighted by Crippen LogP contribution is -2.24. The van der Waals surface area contributed by atoms with Crippen LogP contribution in [0.3, 0.4) is 0 Å². The number of hydrogen-bond acceptors (Lipinski definition) is 0. The predicted octanol–water partition coefficient (Wildman–Crippen LogP) is 1.96. The third-order valence-electron chi connectivity index (χ3n) is 2.01. The van der Waals surface area contributed by atoms with Gasteiger partial charge in [-0.3, -0.25) is 0 Å². The molecule has 0 amide bonds. The summed E-state index contributed by atoms with van der Waals surface area (Å²) in [5.41, 5.74) is 0. The van der Waals surface area contributed by atoms with Crippen molar-refractivity contribution < 1.29 is 0 Å². The molecule has 39 valence electrons. The summed E-state index contributed by atoms with van der Waals surface area (Å²) in [6, 6.07) is 0. The van der Waals surface area contributed by atoms with Gasteiger partial charge in [0.25, 0.3) is 0 Å². The average molecular weight is 95.0 g/mol. The number of rotatable bonds is 1. The lowest BCUT2D eigenvalue weighted by atomic mass is 9.42. The van der Waals surface area contributed by atoms with Crippen molar-refractivity contribution in [1.82, 2.24) is 0 Å². The molecule has 0 aliphatic carbocycles. The van der Waals surface area contributed by atoms with Gasteiger partial charge in [0.1, 0.15) is 7.28 Å². The maximum atomic E-state index is 2.42. The Hall–Kier alpha value is 0.0649. The Kier molecular flexibility index (Phi) is 1.41. The Bertz CT molecular complexity index is 59.2. The summed E-state index contributed by atoms with van der Waals surface area (Å²) in [5.74, 6) is 1.95. The van der Waals surface area contributed by atoms with Crippen molar-refractivity contribution in [2.24, 2.45) is 5.92 Å². The van der Waals surface area contributed by atoms with Crippen LogP contribution >= 0.6 is 0 Å². The van der Waals surface area contributed by atoms with Gasteiger partial charge in [-0.25, -0.2) is 0 Å². The van der Waals surface area contributed by atoms with Crippen LogP contribution in [0.15, 0.2) is 0 Å². The van der Waals surface area contributed by atoms with E-state index in [9.17, 15) is 0 Å². The molecular formula is C6H12B. The highest BCUT2D eigenvalue weighted by molar-refractivity contribution is 6.41. The van der Waals surface area contributed by atoms with Crippen LogP contribution in [0.25, 0.3) is 0 Å². The Labute approximate surface area is 46.5 Å². The third kappa shape index (κ3) is 0.819. The normalized spacial score (nSPS) is 39.1. The van der Waals surface area contributed by atoms with E-state index in [4.69, 9.17) is 0 Å². The molecule has 7 heavy (non-hydrogen) atoms. The maximum Gasteiger partial charge on any atom is 0.114 e. The van der Waals surface area contributed by atoms with Crippen LogP contribution in [0.1, 0.15) is 20.3 Å². The smallest absolute Gasteiger partial charge is 0.0778 e. The molecule has 1 saturated heterocycles. The molecule has 0 spiro atoms. The molecule has 0 aromatic carbocycles. The zero-order valence-corrected chi connectivity index (χ0v) is 5.15. The highest BCUT2D eigenvalue weighted by Gasteiger charge is 2.25. The molecule has 2 unspecified atom stereocenters. The van der Waals surface area contributed by atoms with E-state index in [-0.39, 0.29) is 0 Å². The van der Waals surface area contributed by atoms with Crippen molar-refractivity contribution in [2.75, 3.05) is 0 Å². The van der Waals surface area contributed by atoms with Gasteiger partial charge in [-0.15, -0.1) is 0 Å². The molecule has 2 atom stereocenters. The minimum Gasteiger partial charge on any atom is -0.0778 e. The molecule has 0 saturated carbocycles. The maximum absolute atomic E-state index is 2.42. The quantitative estimate of drug-likeness (QED) is 0.436. The summed E-state index contributed by atoms with van der Waals surface area (Å²) in [6.07, 6.45) is 2.71. The monoisotopic (exact) mass is 95.1 g/mol. The first-order valence-corrected chi connectivity index (χ1v) is 3.18. The van der Waals surface area contributed by atoms with Crippen LogP contribution in [0.2, 0.25) is 12.1 Å². The second-order valence-electron chi connectivity index (χ2n) is 2.52. The van der Waals surface area contributed by atoms with Crippen LogP contribution in [0, 0.1) is 5.92 Å². The largest absolute Gasteiger partial charge is 0.114 e. The summed E-state index contributed by atoms with van der Waals surface area (Å²) in [7, 11) is 2.42. The first-order chi connectivity index (χ1) is 3.34. The summed E-state index contributed by atoms with van der Waals surface area (Å²) in [6.45, 7) is 4.59.